The number of hydrogen-bond donors (Lipinski definition) is 1. The highest BCUT2D eigenvalue weighted by Gasteiger charge is 2.33. The monoisotopic (exact) mass is 408 g/mol. The lowest BCUT2D eigenvalue weighted by atomic mass is 10.2. The molecule has 1 atom stereocenters. The van der Waals surface area contributed by atoms with Gasteiger partial charge in [0.15, 0.2) is 0 Å². The number of nitrogens with zero attached hydrogens (tertiary/aromatic N) is 1. The number of carbonyl (C=O) groups excluding carboxylic acids is 2. The fourth-order valence-corrected chi connectivity index (χ4v) is 4.27. The Balaban J connectivity index is 1.42. The number of nitrogens with one attached hydrogen (secondary N) is 1. The molecule has 1 aliphatic rings. The third-order valence-electron chi connectivity index (χ3n) is 4.66. The smallest absolute Gasteiger partial charge is 0.248 e. The van der Waals surface area contributed by atoms with Crippen LogP contribution < -0.4 is 10.1 Å². The summed E-state index contributed by atoms with van der Waals surface area (Å²) in [5, 5.41) is 3.85. The number of thioether (sulfide) groups is 1. The Bertz CT molecular complexity index is 1030. The van der Waals surface area contributed by atoms with Gasteiger partial charge in [-0.25, -0.2) is 0 Å². The number of benzene rings is 2. The van der Waals surface area contributed by atoms with Gasteiger partial charge in [0.25, 0.3) is 0 Å². The molecule has 6 nitrogen and oxygen atoms in total. The van der Waals surface area contributed by atoms with E-state index >= 15 is 0 Å². The minimum Gasteiger partial charge on any atom is -0.497 e. The van der Waals surface area contributed by atoms with Crippen molar-refractivity contribution in [2.24, 2.45) is 0 Å². The minimum atomic E-state index is -0.519. The van der Waals surface area contributed by atoms with E-state index in [1.165, 1.54) is 6.08 Å². The van der Waals surface area contributed by atoms with Gasteiger partial charge in [-0.3, -0.25) is 9.59 Å². The first-order chi connectivity index (χ1) is 14.1. The molecule has 1 N–H and O–H groups in total. The maximum atomic E-state index is 12.7. The van der Waals surface area contributed by atoms with Crippen LogP contribution in [0.2, 0.25) is 0 Å². The molecule has 1 unspecified atom stereocenters. The molecule has 7 heteroatoms. The summed E-state index contributed by atoms with van der Waals surface area (Å²) in [6.07, 6.45) is 3.10. The molecule has 29 heavy (non-hydrogen) atoms. The van der Waals surface area contributed by atoms with Crippen LogP contribution in [0.5, 0.6) is 5.75 Å². The van der Waals surface area contributed by atoms with Crippen LogP contribution in [0.4, 0.5) is 5.69 Å². The number of anilines is 1. The van der Waals surface area contributed by atoms with E-state index in [-0.39, 0.29) is 11.8 Å². The number of rotatable bonds is 5. The summed E-state index contributed by atoms with van der Waals surface area (Å²) in [5.41, 5.74) is 1.44. The van der Waals surface area contributed by atoms with Gasteiger partial charge in [0.2, 0.25) is 11.8 Å². The van der Waals surface area contributed by atoms with Crippen LogP contribution in [0.3, 0.4) is 0 Å². The topological polar surface area (TPSA) is 71.8 Å². The van der Waals surface area contributed by atoms with Crippen LogP contribution in [0.15, 0.2) is 65.1 Å². The molecule has 2 aromatic carbocycles. The van der Waals surface area contributed by atoms with Gasteiger partial charge in [-0.05, 0) is 42.5 Å². The lowest BCUT2D eigenvalue weighted by Crippen LogP contribution is -2.43. The molecule has 0 spiro atoms. The molecule has 4 rings (SSSR count). The summed E-state index contributed by atoms with van der Waals surface area (Å²) >= 11 is 1.56. The van der Waals surface area contributed by atoms with E-state index in [1.807, 2.05) is 30.3 Å². The Morgan fingerprint density at radius 3 is 2.76 bits per heavy atom. The van der Waals surface area contributed by atoms with Gasteiger partial charge in [0.05, 0.1) is 13.0 Å². The maximum Gasteiger partial charge on any atom is 0.248 e. The normalized spacial score (nSPS) is 16.4. The van der Waals surface area contributed by atoms with Gasteiger partial charge in [-0.15, -0.1) is 11.8 Å². The Kier molecular flexibility index (Phi) is 5.57. The summed E-state index contributed by atoms with van der Waals surface area (Å²) in [6, 6.07) is 16.1. The maximum absolute atomic E-state index is 12.7. The molecular weight excluding hydrogens is 388 g/mol. The average molecular weight is 408 g/mol. The highest BCUT2D eigenvalue weighted by atomic mass is 32.2. The Morgan fingerprint density at radius 2 is 2.00 bits per heavy atom. The number of methoxy groups -OCH3 is 1. The van der Waals surface area contributed by atoms with Crippen molar-refractivity contribution in [3.05, 3.63) is 66.4 Å². The second-order valence-electron chi connectivity index (χ2n) is 6.56. The summed E-state index contributed by atoms with van der Waals surface area (Å²) in [6.45, 7) is 0. The summed E-state index contributed by atoms with van der Waals surface area (Å²) < 4.78 is 10.8. The molecule has 0 aliphatic carbocycles. The largest absolute Gasteiger partial charge is 0.497 e. The second-order valence-corrected chi connectivity index (χ2v) is 7.56. The highest BCUT2D eigenvalue weighted by molar-refractivity contribution is 7.99. The number of hydrogen-bond acceptors (Lipinski definition) is 5. The van der Waals surface area contributed by atoms with Gasteiger partial charge < -0.3 is 19.4 Å². The van der Waals surface area contributed by atoms with Crippen molar-refractivity contribution in [2.75, 3.05) is 24.1 Å². The summed E-state index contributed by atoms with van der Waals surface area (Å²) in [5.74, 6) is 1.93. The van der Waals surface area contributed by atoms with Gasteiger partial charge in [0, 0.05) is 22.9 Å². The predicted octanol–water partition coefficient (Wildman–Crippen LogP) is 3.99. The lowest BCUT2D eigenvalue weighted by Gasteiger charge is -2.21. The van der Waals surface area contributed by atoms with Crippen molar-refractivity contribution in [3.8, 4) is 5.75 Å². The van der Waals surface area contributed by atoms with Gasteiger partial charge in [-0.1, -0.05) is 18.2 Å². The van der Waals surface area contributed by atoms with Crippen molar-refractivity contribution in [3.63, 3.8) is 0 Å². The zero-order chi connectivity index (χ0) is 20.2. The van der Waals surface area contributed by atoms with Crippen LogP contribution in [-0.2, 0) is 9.59 Å². The van der Waals surface area contributed by atoms with Crippen LogP contribution >= 0.6 is 11.8 Å². The molecule has 1 saturated heterocycles. The van der Waals surface area contributed by atoms with Crippen LogP contribution in [0.25, 0.3) is 17.0 Å². The second kappa shape index (κ2) is 8.45. The van der Waals surface area contributed by atoms with E-state index in [4.69, 9.17) is 9.15 Å². The zero-order valence-electron chi connectivity index (χ0n) is 15.8. The fraction of sp³-hybridized carbons (Fsp3) is 0.182. The lowest BCUT2D eigenvalue weighted by molar-refractivity contribution is -0.132. The van der Waals surface area contributed by atoms with E-state index in [0.29, 0.717) is 28.8 Å². The number of para-hydroxylation sites is 1. The first-order valence-electron chi connectivity index (χ1n) is 9.14. The van der Waals surface area contributed by atoms with E-state index in [2.05, 4.69) is 5.32 Å². The van der Waals surface area contributed by atoms with Crippen molar-refractivity contribution in [1.82, 2.24) is 4.90 Å². The first-order valence-corrected chi connectivity index (χ1v) is 10.3. The molecule has 2 amide bonds. The fourth-order valence-electron chi connectivity index (χ4n) is 3.11. The van der Waals surface area contributed by atoms with Crippen molar-refractivity contribution < 1.29 is 18.7 Å². The molecule has 3 aromatic rings. The molecule has 0 saturated carbocycles. The van der Waals surface area contributed by atoms with Gasteiger partial charge in [0.1, 0.15) is 23.1 Å². The SMILES string of the molecule is COc1ccc(NC(=O)C2CSCN2C(=O)C=Cc2cc3ccccc3o2)cc1. The van der Waals surface area contributed by atoms with Gasteiger partial charge >= 0.3 is 0 Å². The Morgan fingerprint density at radius 1 is 1.21 bits per heavy atom. The molecule has 1 aromatic heterocycles. The molecular formula is C22H20N2O4S. The molecule has 148 valence electrons. The number of carbonyl (C=O) groups is 2. The zero-order valence-corrected chi connectivity index (χ0v) is 16.6. The Hall–Kier alpha value is -3.19. The molecule has 0 bridgehead atoms. The number of ether oxygens (including phenoxy) is 1. The Labute approximate surface area is 172 Å². The van der Waals surface area contributed by atoms with E-state index in [1.54, 1.807) is 54.1 Å². The number of fused-ring (bicyclic) bond motifs is 1. The quantitative estimate of drug-likeness (QED) is 0.646. The number of furan rings is 1. The third-order valence-corrected chi connectivity index (χ3v) is 5.67. The van der Waals surface area contributed by atoms with Crippen LogP contribution in [0, 0.1) is 0 Å². The molecule has 1 aliphatic heterocycles. The molecule has 2 heterocycles. The number of amides is 2. The van der Waals surface area contributed by atoms with Crippen molar-refractivity contribution in [1.29, 1.82) is 0 Å². The van der Waals surface area contributed by atoms with Crippen molar-refractivity contribution >= 4 is 46.3 Å². The first kappa shape index (κ1) is 19.1. The highest BCUT2D eigenvalue weighted by Crippen LogP contribution is 2.24. The van der Waals surface area contributed by atoms with Crippen LogP contribution in [0.1, 0.15) is 5.76 Å². The third kappa shape index (κ3) is 4.30. The van der Waals surface area contributed by atoms with E-state index < -0.39 is 6.04 Å². The van der Waals surface area contributed by atoms with Gasteiger partial charge in [-0.2, -0.15) is 0 Å². The van der Waals surface area contributed by atoms with Crippen molar-refractivity contribution in [2.45, 2.75) is 6.04 Å². The molecule has 0 radical (unpaired) electrons. The van der Waals surface area contributed by atoms with E-state index in [0.717, 1.165) is 11.0 Å². The summed E-state index contributed by atoms with van der Waals surface area (Å²) in [4.78, 5) is 26.9. The summed E-state index contributed by atoms with van der Waals surface area (Å²) in [7, 11) is 1.59. The standard InChI is InChI=1S/C22H20N2O4S/c1-27-17-8-6-16(7-9-17)23-22(26)19-13-29-14-24(19)21(25)11-10-18-12-15-4-2-3-5-20(15)28-18/h2-12,19H,13-14H2,1H3,(H,23,26). The predicted molar refractivity (Wildman–Crippen MR) is 115 cm³/mol. The van der Waals surface area contributed by atoms with Crippen LogP contribution in [-0.4, -0.2) is 41.5 Å². The van der Waals surface area contributed by atoms with E-state index in [9.17, 15) is 9.59 Å². The average Bonchev–Trinajstić information content (AvgIpc) is 3.39. The minimum absolute atomic E-state index is 0.203. The molecule has 1 fully saturated rings.